The van der Waals surface area contributed by atoms with Gasteiger partial charge in [-0.15, -0.1) is 0 Å². The molecule has 0 atom stereocenters. The molecule has 2 amide bonds. The van der Waals surface area contributed by atoms with Gasteiger partial charge in [-0.2, -0.15) is 0 Å². The second-order valence-corrected chi connectivity index (χ2v) is 6.91. The van der Waals surface area contributed by atoms with Crippen LogP contribution in [0.1, 0.15) is 20.9 Å². The Bertz CT molecular complexity index is 1370. The Morgan fingerprint density at radius 1 is 0.848 bits per heavy atom. The standard InChI is InChI=1S/C24H18F2N2O5/c1-31-14-8-10-18(20(12-14)32-2)27-24(30)22-21(15-5-3-4-6-19(15)33-22)28-23(29)13-7-9-16(25)17(26)11-13/h3-12H,1-2H3,(H,27,30)(H,28,29). The van der Waals surface area contributed by atoms with Crippen molar-refractivity contribution in [3.05, 3.63) is 83.6 Å². The highest BCUT2D eigenvalue weighted by Gasteiger charge is 2.24. The van der Waals surface area contributed by atoms with E-state index < -0.39 is 23.4 Å². The second kappa shape index (κ2) is 8.99. The number of ether oxygens (including phenoxy) is 2. The molecule has 0 fully saturated rings. The van der Waals surface area contributed by atoms with Crippen molar-refractivity contribution >= 4 is 34.2 Å². The third-order valence-electron chi connectivity index (χ3n) is 4.88. The summed E-state index contributed by atoms with van der Waals surface area (Å²) in [5.74, 6) is -2.92. The summed E-state index contributed by atoms with van der Waals surface area (Å²) in [6.07, 6.45) is 0. The van der Waals surface area contributed by atoms with Gasteiger partial charge >= 0.3 is 0 Å². The van der Waals surface area contributed by atoms with Crippen LogP contribution in [0.4, 0.5) is 20.2 Å². The van der Waals surface area contributed by atoms with Crippen molar-refractivity contribution in [2.45, 2.75) is 0 Å². The lowest BCUT2D eigenvalue weighted by Crippen LogP contribution is -2.17. The Morgan fingerprint density at radius 2 is 1.64 bits per heavy atom. The number of hydrogen-bond donors (Lipinski definition) is 2. The first kappa shape index (κ1) is 21.8. The van der Waals surface area contributed by atoms with Crippen molar-refractivity contribution in [1.29, 1.82) is 0 Å². The maximum atomic E-state index is 13.6. The Morgan fingerprint density at radius 3 is 2.36 bits per heavy atom. The molecule has 9 heteroatoms. The molecule has 3 aromatic carbocycles. The first-order valence-electron chi connectivity index (χ1n) is 9.72. The van der Waals surface area contributed by atoms with Crippen molar-refractivity contribution in [1.82, 2.24) is 0 Å². The van der Waals surface area contributed by atoms with Gasteiger partial charge in [0.05, 0.1) is 19.9 Å². The molecule has 2 N–H and O–H groups in total. The molecule has 0 radical (unpaired) electrons. The predicted molar refractivity (Wildman–Crippen MR) is 118 cm³/mol. The molecule has 1 aromatic heterocycles. The zero-order chi connectivity index (χ0) is 23.5. The van der Waals surface area contributed by atoms with Crippen molar-refractivity contribution in [3.63, 3.8) is 0 Å². The molecule has 7 nitrogen and oxygen atoms in total. The summed E-state index contributed by atoms with van der Waals surface area (Å²) in [5, 5.41) is 5.72. The topological polar surface area (TPSA) is 89.8 Å². The number of benzene rings is 3. The van der Waals surface area contributed by atoms with Gasteiger partial charge in [0.1, 0.15) is 22.8 Å². The van der Waals surface area contributed by atoms with Gasteiger partial charge in [-0.25, -0.2) is 8.78 Å². The van der Waals surface area contributed by atoms with Crippen LogP contribution in [0.25, 0.3) is 11.0 Å². The normalized spacial score (nSPS) is 10.7. The lowest BCUT2D eigenvalue weighted by atomic mass is 10.1. The maximum Gasteiger partial charge on any atom is 0.293 e. The fourth-order valence-electron chi connectivity index (χ4n) is 3.23. The number of halogens is 2. The van der Waals surface area contributed by atoms with Crippen molar-refractivity contribution < 1.29 is 32.3 Å². The molecular weight excluding hydrogens is 434 g/mol. The van der Waals surface area contributed by atoms with Gasteiger partial charge in [0.2, 0.25) is 5.76 Å². The highest BCUT2D eigenvalue weighted by atomic mass is 19.2. The van der Waals surface area contributed by atoms with Gasteiger partial charge in [-0.05, 0) is 42.5 Å². The molecule has 4 aromatic rings. The molecule has 4 rings (SSSR count). The second-order valence-electron chi connectivity index (χ2n) is 6.91. The van der Waals surface area contributed by atoms with E-state index in [1.54, 1.807) is 42.5 Å². The third-order valence-corrected chi connectivity index (χ3v) is 4.88. The van der Waals surface area contributed by atoms with Crippen LogP contribution in [0.3, 0.4) is 0 Å². The minimum atomic E-state index is -1.16. The smallest absolute Gasteiger partial charge is 0.293 e. The number of anilines is 2. The van der Waals surface area contributed by atoms with Crippen molar-refractivity contribution in [2.24, 2.45) is 0 Å². The molecule has 0 bridgehead atoms. The average Bonchev–Trinajstić information content (AvgIpc) is 3.19. The van der Waals surface area contributed by atoms with E-state index in [1.807, 2.05) is 0 Å². The Balaban J connectivity index is 1.69. The first-order valence-corrected chi connectivity index (χ1v) is 9.72. The van der Waals surface area contributed by atoms with Crippen molar-refractivity contribution in [3.8, 4) is 11.5 Å². The summed E-state index contributed by atoms with van der Waals surface area (Å²) in [5.41, 5.74) is 0.666. The lowest BCUT2D eigenvalue weighted by Gasteiger charge is -2.12. The van der Waals surface area contributed by atoms with Crippen LogP contribution in [0.15, 0.2) is 65.1 Å². The van der Waals surface area contributed by atoms with Crippen LogP contribution < -0.4 is 20.1 Å². The number of amides is 2. The Labute approximate surface area is 186 Å². The number of rotatable bonds is 6. The van der Waals surface area contributed by atoms with Crippen LogP contribution >= 0.6 is 0 Å². The third kappa shape index (κ3) is 4.33. The van der Waals surface area contributed by atoms with E-state index in [1.165, 1.54) is 14.2 Å². The summed E-state index contributed by atoms with van der Waals surface area (Å²) < 4.78 is 43.0. The van der Waals surface area contributed by atoms with E-state index in [0.29, 0.717) is 28.2 Å². The number of carbonyl (C=O) groups excluding carboxylic acids is 2. The number of carbonyl (C=O) groups is 2. The average molecular weight is 452 g/mol. The van der Waals surface area contributed by atoms with E-state index in [9.17, 15) is 18.4 Å². The lowest BCUT2D eigenvalue weighted by molar-refractivity contribution is 0.0999. The number of para-hydroxylation sites is 1. The zero-order valence-corrected chi connectivity index (χ0v) is 17.6. The largest absolute Gasteiger partial charge is 0.497 e. The fraction of sp³-hybridized carbons (Fsp3) is 0.0833. The van der Waals surface area contributed by atoms with Crippen LogP contribution in [0.2, 0.25) is 0 Å². The highest BCUT2D eigenvalue weighted by molar-refractivity contribution is 6.17. The summed E-state index contributed by atoms with van der Waals surface area (Å²) >= 11 is 0. The number of furan rings is 1. The molecule has 0 spiro atoms. The van der Waals surface area contributed by atoms with Gasteiger partial charge in [0.15, 0.2) is 11.6 Å². The summed E-state index contributed by atoms with van der Waals surface area (Å²) in [4.78, 5) is 25.8. The molecule has 33 heavy (non-hydrogen) atoms. The highest BCUT2D eigenvalue weighted by Crippen LogP contribution is 2.34. The molecule has 1 heterocycles. The quantitative estimate of drug-likeness (QED) is 0.418. The van der Waals surface area contributed by atoms with Gasteiger partial charge in [0.25, 0.3) is 11.8 Å². The van der Waals surface area contributed by atoms with Crippen LogP contribution in [-0.2, 0) is 0 Å². The Hall–Kier alpha value is -4.40. The van der Waals surface area contributed by atoms with Crippen LogP contribution in [0, 0.1) is 11.6 Å². The first-order chi connectivity index (χ1) is 15.9. The minimum absolute atomic E-state index is 0.0883. The number of fused-ring (bicyclic) bond motifs is 1. The number of nitrogens with one attached hydrogen (secondary N) is 2. The molecule has 0 aliphatic carbocycles. The summed E-state index contributed by atoms with van der Waals surface area (Å²) in [6.45, 7) is 0. The van der Waals surface area contributed by atoms with Crippen molar-refractivity contribution in [2.75, 3.05) is 24.9 Å². The van der Waals surface area contributed by atoms with Gasteiger partial charge in [-0.1, -0.05) is 12.1 Å². The molecule has 0 saturated carbocycles. The van der Waals surface area contributed by atoms with Gasteiger partial charge < -0.3 is 24.5 Å². The maximum absolute atomic E-state index is 13.6. The minimum Gasteiger partial charge on any atom is -0.497 e. The molecule has 168 valence electrons. The van der Waals surface area contributed by atoms with Crippen LogP contribution in [-0.4, -0.2) is 26.0 Å². The van der Waals surface area contributed by atoms with Gasteiger partial charge in [0, 0.05) is 17.0 Å². The van der Waals surface area contributed by atoms with E-state index in [-0.39, 0.29) is 17.0 Å². The van der Waals surface area contributed by atoms with E-state index in [0.717, 1.165) is 18.2 Å². The van der Waals surface area contributed by atoms with E-state index in [4.69, 9.17) is 13.9 Å². The van der Waals surface area contributed by atoms with E-state index in [2.05, 4.69) is 10.6 Å². The number of hydrogen-bond acceptors (Lipinski definition) is 5. The SMILES string of the molecule is COc1ccc(NC(=O)c2oc3ccccc3c2NC(=O)c2ccc(F)c(F)c2)c(OC)c1. The van der Waals surface area contributed by atoms with Crippen LogP contribution in [0.5, 0.6) is 11.5 Å². The monoisotopic (exact) mass is 452 g/mol. The summed E-state index contributed by atoms with van der Waals surface area (Å²) in [6, 6.07) is 14.3. The van der Waals surface area contributed by atoms with E-state index >= 15 is 0 Å². The molecule has 0 unspecified atom stereocenters. The van der Waals surface area contributed by atoms with Gasteiger partial charge in [-0.3, -0.25) is 9.59 Å². The Kier molecular flexibility index (Phi) is 5.95. The molecule has 0 aliphatic heterocycles. The number of methoxy groups -OCH3 is 2. The molecule has 0 aliphatic rings. The molecular formula is C24H18F2N2O5. The fourth-order valence-corrected chi connectivity index (χ4v) is 3.23. The summed E-state index contributed by atoms with van der Waals surface area (Å²) in [7, 11) is 2.95. The molecule has 0 saturated heterocycles. The predicted octanol–water partition coefficient (Wildman–Crippen LogP) is 5.23. The zero-order valence-electron chi connectivity index (χ0n) is 17.6.